The first-order valence-corrected chi connectivity index (χ1v) is 6.73. The van der Waals surface area contributed by atoms with Gasteiger partial charge >= 0.3 is 0 Å². The van der Waals surface area contributed by atoms with Crippen molar-refractivity contribution in [3.05, 3.63) is 29.8 Å². The molecule has 3 rings (SSSR count). The Morgan fingerprint density at radius 2 is 2.33 bits per heavy atom. The van der Waals surface area contributed by atoms with Gasteiger partial charge in [-0.05, 0) is 18.1 Å². The molecule has 1 aromatic rings. The number of benzene rings is 1. The zero-order valence-electron chi connectivity index (χ0n) is 8.78. The molecule has 0 amide bonds. The predicted molar refractivity (Wildman–Crippen MR) is 66.6 cm³/mol. The van der Waals surface area contributed by atoms with Gasteiger partial charge in [-0.15, -0.1) is 11.8 Å². The van der Waals surface area contributed by atoms with E-state index in [1.807, 2.05) is 11.8 Å². The summed E-state index contributed by atoms with van der Waals surface area (Å²) in [7, 11) is 0. The van der Waals surface area contributed by atoms with Crippen molar-refractivity contribution in [1.82, 2.24) is 5.32 Å². The SMILES string of the molecule is c1ccc2c(c1)CCN2CC1CSCN1. The number of rotatable bonds is 2. The van der Waals surface area contributed by atoms with E-state index >= 15 is 0 Å². The minimum atomic E-state index is 0.682. The molecule has 1 unspecified atom stereocenters. The van der Waals surface area contributed by atoms with Crippen LogP contribution in [0.4, 0.5) is 5.69 Å². The minimum absolute atomic E-state index is 0.682. The van der Waals surface area contributed by atoms with Crippen LogP contribution in [0.5, 0.6) is 0 Å². The second-order valence-corrected chi connectivity index (χ2v) is 5.27. The first-order chi connectivity index (χ1) is 7.43. The van der Waals surface area contributed by atoms with Crippen molar-refractivity contribution in [2.24, 2.45) is 0 Å². The van der Waals surface area contributed by atoms with Gasteiger partial charge in [0.2, 0.25) is 0 Å². The van der Waals surface area contributed by atoms with Gasteiger partial charge in [0.05, 0.1) is 0 Å². The summed E-state index contributed by atoms with van der Waals surface area (Å²) >= 11 is 2.01. The van der Waals surface area contributed by atoms with Crippen LogP contribution in [0.15, 0.2) is 24.3 Å². The molecule has 3 heteroatoms. The van der Waals surface area contributed by atoms with E-state index in [2.05, 4.69) is 34.5 Å². The summed E-state index contributed by atoms with van der Waals surface area (Å²) in [5, 5.41) is 3.54. The van der Waals surface area contributed by atoms with Crippen molar-refractivity contribution in [2.75, 3.05) is 29.6 Å². The zero-order valence-corrected chi connectivity index (χ0v) is 9.59. The molecule has 2 aliphatic rings. The minimum Gasteiger partial charge on any atom is -0.369 e. The lowest BCUT2D eigenvalue weighted by atomic mass is 10.2. The van der Waals surface area contributed by atoms with Crippen LogP contribution in [0, 0.1) is 0 Å². The van der Waals surface area contributed by atoms with E-state index in [9.17, 15) is 0 Å². The predicted octanol–water partition coefficient (Wildman–Crippen LogP) is 1.71. The second-order valence-electron chi connectivity index (χ2n) is 4.24. The van der Waals surface area contributed by atoms with Gasteiger partial charge < -0.3 is 10.2 Å². The van der Waals surface area contributed by atoms with E-state index in [0.717, 1.165) is 5.88 Å². The molecule has 2 aliphatic heterocycles. The van der Waals surface area contributed by atoms with Crippen molar-refractivity contribution in [3.8, 4) is 0 Å². The van der Waals surface area contributed by atoms with Crippen LogP contribution < -0.4 is 10.2 Å². The number of hydrogen-bond acceptors (Lipinski definition) is 3. The van der Waals surface area contributed by atoms with E-state index in [4.69, 9.17) is 0 Å². The molecule has 2 heterocycles. The lowest BCUT2D eigenvalue weighted by Gasteiger charge is -2.23. The topological polar surface area (TPSA) is 15.3 Å². The maximum absolute atomic E-state index is 3.54. The van der Waals surface area contributed by atoms with Gasteiger partial charge in [-0.2, -0.15) is 0 Å². The van der Waals surface area contributed by atoms with Crippen molar-refractivity contribution >= 4 is 17.4 Å². The molecule has 0 radical (unpaired) electrons. The molecule has 2 nitrogen and oxygen atoms in total. The Balaban J connectivity index is 1.73. The van der Waals surface area contributed by atoms with Gasteiger partial charge in [0.15, 0.2) is 0 Å². The zero-order chi connectivity index (χ0) is 10.1. The Kier molecular flexibility index (Phi) is 2.59. The quantitative estimate of drug-likeness (QED) is 0.817. The highest BCUT2D eigenvalue weighted by Crippen LogP contribution is 2.28. The smallest absolute Gasteiger partial charge is 0.0421 e. The third kappa shape index (κ3) is 1.86. The summed E-state index contributed by atoms with van der Waals surface area (Å²) in [5.41, 5.74) is 2.97. The van der Waals surface area contributed by atoms with E-state index < -0.39 is 0 Å². The van der Waals surface area contributed by atoms with Gasteiger partial charge in [-0.25, -0.2) is 0 Å². The van der Waals surface area contributed by atoms with Crippen molar-refractivity contribution < 1.29 is 0 Å². The Bertz CT molecular complexity index is 347. The van der Waals surface area contributed by atoms with E-state index in [-0.39, 0.29) is 0 Å². The van der Waals surface area contributed by atoms with Crippen LogP contribution in [0.3, 0.4) is 0 Å². The van der Waals surface area contributed by atoms with E-state index in [1.165, 1.54) is 36.5 Å². The average Bonchev–Trinajstić information content (AvgIpc) is 2.89. The molecule has 0 aromatic heterocycles. The number of thioether (sulfide) groups is 1. The standard InChI is InChI=1S/C12H16N2S/c1-2-4-12-10(3-1)5-6-14(12)7-11-8-15-9-13-11/h1-4,11,13H,5-9H2. The lowest BCUT2D eigenvalue weighted by molar-refractivity contribution is 0.612. The molecule has 15 heavy (non-hydrogen) atoms. The van der Waals surface area contributed by atoms with Crippen LogP contribution in [-0.2, 0) is 6.42 Å². The van der Waals surface area contributed by atoms with Crippen LogP contribution in [0.1, 0.15) is 5.56 Å². The Labute approximate surface area is 95.0 Å². The van der Waals surface area contributed by atoms with Crippen molar-refractivity contribution in [1.29, 1.82) is 0 Å². The molecule has 1 atom stereocenters. The van der Waals surface area contributed by atoms with E-state index in [1.54, 1.807) is 0 Å². The van der Waals surface area contributed by atoms with Crippen molar-refractivity contribution in [2.45, 2.75) is 12.5 Å². The number of anilines is 1. The fraction of sp³-hybridized carbons (Fsp3) is 0.500. The fourth-order valence-electron chi connectivity index (χ4n) is 2.42. The highest BCUT2D eigenvalue weighted by atomic mass is 32.2. The molecule has 0 saturated carbocycles. The number of hydrogen-bond donors (Lipinski definition) is 1. The number of para-hydroxylation sites is 1. The molecular weight excluding hydrogens is 204 g/mol. The Hall–Kier alpha value is -0.670. The average molecular weight is 220 g/mol. The molecule has 0 spiro atoms. The van der Waals surface area contributed by atoms with Crippen LogP contribution in [-0.4, -0.2) is 30.8 Å². The number of nitrogens with one attached hydrogen (secondary N) is 1. The lowest BCUT2D eigenvalue weighted by Crippen LogP contribution is -2.38. The first-order valence-electron chi connectivity index (χ1n) is 5.57. The van der Waals surface area contributed by atoms with Gasteiger partial charge in [0, 0.05) is 36.4 Å². The van der Waals surface area contributed by atoms with Gasteiger partial charge in [0.1, 0.15) is 0 Å². The third-order valence-electron chi connectivity index (χ3n) is 3.22. The third-order valence-corrected chi connectivity index (χ3v) is 4.23. The molecule has 1 saturated heterocycles. The molecule has 1 fully saturated rings. The molecule has 80 valence electrons. The van der Waals surface area contributed by atoms with Gasteiger partial charge in [0.25, 0.3) is 0 Å². The van der Waals surface area contributed by atoms with Crippen LogP contribution in [0.2, 0.25) is 0 Å². The summed E-state index contributed by atoms with van der Waals surface area (Å²) in [6, 6.07) is 9.48. The molecule has 0 bridgehead atoms. The monoisotopic (exact) mass is 220 g/mol. The maximum Gasteiger partial charge on any atom is 0.0421 e. The van der Waals surface area contributed by atoms with Gasteiger partial charge in [-0.1, -0.05) is 18.2 Å². The highest BCUT2D eigenvalue weighted by molar-refractivity contribution is 7.99. The number of fused-ring (bicyclic) bond motifs is 1. The fourth-order valence-corrected chi connectivity index (χ4v) is 3.40. The molecule has 0 aliphatic carbocycles. The Morgan fingerprint density at radius 3 is 3.20 bits per heavy atom. The highest BCUT2D eigenvalue weighted by Gasteiger charge is 2.23. The number of nitrogens with zero attached hydrogens (tertiary/aromatic N) is 1. The summed E-state index contributed by atoms with van der Waals surface area (Å²) < 4.78 is 0. The normalized spacial score (nSPS) is 24.5. The largest absolute Gasteiger partial charge is 0.369 e. The molecule has 1 aromatic carbocycles. The van der Waals surface area contributed by atoms with Crippen molar-refractivity contribution in [3.63, 3.8) is 0 Å². The maximum atomic E-state index is 3.54. The van der Waals surface area contributed by atoms with Gasteiger partial charge in [-0.3, -0.25) is 0 Å². The first kappa shape index (κ1) is 9.55. The molecule has 1 N–H and O–H groups in total. The van der Waals surface area contributed by atoms with E-state index in [0.29, 0.717) is 6.04 Å². The van der Waals surface area contributed by atoms with Crippen LogP contribution >= 0.6 is 11.8 Å². The Morgan fingerprint density at radius 1 is 1.40 bits per heavy atom. The second kappa shape index (κ2) is 4.06. The summed E-state index contributed by atoms with van der Waals surface area (Å²) in [6.07, 6.45) is 1.22. The summed E-state index contributed by atoms with van der Waals surface area (Å²) in [4.78, 5) is 2.53. The summed E-state index contributed by atoms with van der Waals surface area (Å²) in [6.45, 7) is 2.37. The summed E-state index contributed by atoms with van der Waals surface area (Å²) in [5.74, 6) is 2.39. The van der Waals surface area contributed by atoms with Crippen LogP contribution in [0.25, 0.3) is 0 Å². The molecular formula is C12H16N2S.